The second kappa shape index (κ2) is 12.1. The van der Waals surface area contributed by atoms with Crippen molar-refractivity contribution in [1.29, 1.82) is 0 Å². The fourth-order valence-electron chi connectivity index (χ4n) is 3.63. The van der Waals surface area contributed by atoms with Crippen molar-refractivity contribution in [3.8, 4) is 0 Å². The molecule has 0 aromatic heterocycles. The average molecular weight is 346 g/mol. The van der Waals surface area contributed by atoms with Crippen LogP contribution in [0.15, 0.2) is 24.8 Å². The van der Waals surface area contributed by atoms with Crippen molar-refractivity contribution in [1.82, 2.24) is 0 Å². The summed E-state index contributed by atoms with van der Waals surface area (Å²) >= 11 is 0. The third-order valence-electron chi connectivity index (χ3n) is 5.41. The van der Waals surface area contributed by atoms with Gasteiger partial charge in [-0.2, -0.15) is 0 Å². The van der Waals surface area contributed by atoms with Crippen LogP contribution in [0, 0.1) is 12.8 Å². The zero-order chi connectivity index (χ0) is 18.7. The highest BCUT2D eigenvalue weighted by atomic mass is 16.5. The van der Waals surface area contributed by atoms with Gasteiger partial charge in [0, 0.05) is 12.8 Å². The predicted octanol–water partition coefficient (Wildman–Crippen LogP) is 6.26. The van der Waals surface area contributed by atoms with Crippen LogP contribution in [0.25, 0.3) is 5.70 Å². The van der Waals surface area contributed by atoms with Gasteiger partial charge in [0.25, 0.3) is 0 Å². The quantitative estimate of drug-likeness (QED) is 0.458. The topological polar surface area (TPSA) is 35.2 Å². The molecule has 2 nitrogen and oxygen atoms in total. The molecule has 142 valence electrons. The van der Waals surface area contributed by atoms with Crippen LogP contribution in [-0.4, -0.2) is 13.2 Å². The van der Waals surface area contributed by atoms with Crippen LogP contribution in [0.2, 0.25) is 0 Å². The van der Waals surface area contributed by atoms with Gasteiger partial charge in [-0.15, -0.1) is 0 Å². The van der Waals surface area contributed by atoms with E-state index in [1.807, 2.05) is 7.11 Å². The first-order valence-corrected chi connectivity index (χ1v) is 10.1. The summed E-state index contributed by atoms with van der Waals surface area (Å²) in [4.78, 5) is 0. The zero-order valence-electron chi connectivity index (χ0n) is 16.9. The fraction of sp³-hybridized carbons (Fsp3) is 0.652. The Morgan fingerprint density at radius 2 is 1.84 bits per heavy atom. The minimum atomic E-state index is 0.369. The van der Waals surface area contributed by atoms with Gasteiger partial charge in [0.1, 0.15) is 0 Å². The lowest BCUT2D eigenvalue weighted by Gasteiger charge is -2.18. The maximum Gasteiger partial charge on any atom is 0.0574 e. The van der Waals surface area contributed by atoms with Crippen molar-refractivity contribution in [3.05, 3.63) is 41.5 Å². The summed E-state index contributed by atoms with van der Waals surface area (Å²) in [5.41, 5.74) is 10.1. The van der Waals surface area contributed by atoms with E-state index in [-0.39, 0.29) is 0 Å². The smallest absolute Gasteiger partial charge is 0.0574 e. The molecule has 0 amide bonds. The molecule has 25 heavy (non-hydrogen) atoms. The Morgan fingerprint density at radius 1 is 1.12 bits per heavy atom. The molecule has 0 bridgehead atoms. The van der Waals surface area contributed by atoms with Gasteiger partial charge in [0.05, 0.1) is 6.10 Å². The minimum Gasteiger partial charge on any atom is -0.399 e. The van der Waals surface area contributed by atoms with E-state index in [0.717, 1.165) is 24.3 Å². The number of ether oxygens (including phenoxy) is 1. The summed E-state index contributed by atoms with van der Waals surface area (Å²) < 4.78 is 5.73. The van der Waals surface area contributed by atoms with Gasteiger partial charge in [0.15, 0.2) is 0 Å². The molecule has 0 aliphatic carbocycles. The first kappa shape index (κ1) is 21.8. The van der Waals surface area contributed by atoms with Crippen LogP contribution < -0.4 is 5.73 Å². The second-order valence-corrected chi connectivity index (χ2v) is 7.42. The molecule has 2 N–H and O–H groups in total. The maximum atomic E-state index is 5.81. The Labute approximate surface area is 155 Å². The van der Waals surface area contributed by atoms with E-state index in [1.54, 1.807) is 0 Å². The Bertz CT molecular complexity index is 509. The first-order valence-electron chi connectivity index (χ1n) is 10.1. The number of hydrogen-bond acceptors (Lipinski definition) is 2. The molecule has 0 radical (unpaired) electrons. The van der Waals surface area contributed by atoms with Gasteiger partial charge in [-0.3, -0.25) is 0 Å². The monoisotopic (exact) mass is 345 g/mol. The van der Waals surface area contributed by atoms with Gasteiger partial charge < -0.3 is 10.5 Å². The van der Waals surface area contributed by atoms with Crippen molar-refractivity contribution in [3.63, 3.8) is 0 Å². The van der Waals surface area contributed by atoms with Crippen molar-refractivity contribution in [2.24, 2.45) is 11.7 Å². The molecule has 0 fully saturated rings. The lowest BCUT2D eigenvalue weighted by atomic mass is 9.92. The number of hydrogen-bond donors (Lipinski definition) is 1. The summed E-state index contributed by atoms with van der Waals surface area (Å²) in [6.07, 6.45) is 11.7. The molecule has 2 atom stereocenters. The van der Waals surface area contributed by atoms with Crippen LogP contribution in [0.4, 0.5) is 0 Å². The van der Waals surface area contributed by atoms with Crippen molar-refractivity contribution in [2.75, 3.05) is 7.11 Å². The third-order valence-corrected chi connectivity index (χ3v) is 5.41. The predicted molar refractivity (Wildman–Crippen MR) is 111 cm³/mol. The Morgan fingerprint density at radius 3 is 2.40 bits per heavy atom. The number of aryl methyl sites for hydroxylation is 2. The number of methoxy groups -OCH3 is 1. The van der Waals surface area contributed by atoms with Crippen LogP contribution in [0.3, 0.4) is 0 Å². The lowest BCUT2D eigenvalue weighted by Crippen LogP contribution is -2.13. The molecule has 0 saturated heterocycles. The summed E-state index contributed by atoms with van der Waals surface area (Å²) in [6, 6.07) is 6.50. The van der Waals surface area contributed by atoms with Gasteiger partial charge >= 0.3 is 0 Å². The molecule has 1 aromatic rings. The van der Waals surface area contributed by atoms with E-state index in [9.17, 15) is 0 Å². The van der Waals surface area contributed by atoms with Crippen LogP contribution in [0.5, 0.6) is 0 Å². The largest absolute Gasteiger partial charge is 0.399 e. The van der Waals surface area contributed by atoms with Gasteiger partial charge in [0.2, 0.25) is 0 Å². The molecule has 2 unspecified atom stereocenters. The molecule has 0 heterocycles. The van der Waals surface area contributed by atoms with E-state index in [0.29, 0.717) is 11.8 Å². The first-order chi connectivity index (χ1) is 12.0. The average Bonchev–Trinajstić information content (AvgIpc) is 2.60. The van der Waals surface area contributed by atoms with Crippen LogP contribution in [-0.2, 0) is 11.2 Å². The molecule has 1 aromatic carbocycles. The van der Waals surface area contributed by atoms with E-state index in [4.69, 9.17) is 10.5 Å². The van der Waals surface area contributed by atoms with Gasteiger partial charge in [-0.1, -0.05) is 77.2 Å². The van der Waals surface area contributed by atoms with Crippen LogP contribution in [0.1, 0.15) is 81.9 Å². The molecular formula is C23H39NO. The second-order valence-electron chi connectivity index (χ2n) is 7.42. The molecule has 0 aliphatic rings. The summed E-state index contributed by atoms with van der Waals surface area (Å²) in [5.74, 6) is 0.900. The molecule has 0 spiro atoms. The third kappa shape index (κ3) is 8.09. The highest BCUT2D eigenvalue weighted by Crippen LogP contribution is 2.22. The summed E-state index contributed by atoms with van der Waals surface area (Å²) in [5, 5.41) is 0. The fourth-order valence-corrected chi connectivity index (χ4v) is 3.63. The Hall–Kier alpha value is -1.28. The van der Waals surface area contributed by atoms with E-state index < -0.39 is 0 Å². The molecule has 2 heteroatoms. The van der Waals surface area contributed by atoms with Gasteiger partial charge in [-0.05, 0) is 48.8 Å². The number of unbranched alkanes of at least 4 members (excludes halogenated alkanes) is 1. The highest BCUT2D eigenvalue weighted by molar-refractivity contribution is 5.63. The normalized spacial score (nSPS) is 13.6. The van der Waals surface area contributed by atoms with E-state index in [1.165, 1.54) is 56.1 Å². The lowest BCUT2D eigenvalue weighted by molar-refractivity contribution is 0.0845. The standard InChI is InChI=1S/C23H39NO/c1-6-8-10-20(7-2)11-9-12-22(25-5)15-13-21-14-16-23(19(4)24)18(3)17-21/h14,16-17,20,22H,4,6-13,15,24H2,1-3,5H3. The number of nitrogens with two attached hydrogens (primary N) is 1. The van der Waals surface area contributed by atoms with Gasteiger partial charge in [-0.25, -0.2) is 0 Å². The number of rotatable bonds is 13. The van der Waals surface area contributed by atoms with Crippen LogP contribution >= 0.6 is 0 Å². The molecule has 0 saturated carbocycles. The van der Waals surface area contributed by atoms with E-state index >= 15 is 0 Å². The maximum absolute atomic E-state index is 5.81. The summed E-state index contributed by atoms with van der Waals surface area (Å²) in [6.45, 7) is 10.6. The Kier molecular flexibility index (Phi) is 10.6. The molecule has 1 rings (SSSR count). The van der Waals surface area contributed by atoms with Crippen molar-refractivity contribution in [2.45, 2.75) is 84.7 Å². The van der Waals surface area contributed by atoms with Crippen molar-refractivity contribution >= 4 is 5.70 Å². The zero-order valence-corrected chi connectivity index (χ0v) is 16.9. The summed E-state index contributed by atoms with van der Waals surface area (Å²) in [7, 11) is 1.85. The molecule has 0 aliphatic heterocycles. The molecular weight excluding hydrogens is 306 g/mol. The minimum absolute atomic E-state index is 0.369. The SMILES string of the molecule is C=C(N)c1ccc(CCC(CCCC(CC)CCCC)OC)cc1C. The highest BCUT2D eigenvalue weighted by Gasteiger charge is 2.11. The van der Waals surface area contributed by atoms with E-state index in [2.05, 4.69) is 45.5 Å². The number of benzene rings is 1. The van der Waals surface area contributed by atoms with Crippen molar-refractivity contribution < 1.29 is 4.74 Å². The Balaban J connectivity index is 2.41.